The van der Waals surface area contributed by atoms with E-state index in [1.165, 1.54) is 19.2 Å². The Morgan fingerprint density at radius 2 is 1.59 bits per heavy atom. The zero-order chi connectivity index (χ0) is 13.1. The van der Waals surface area contributed by atoms with Crippen LogP contribution in [0.4, 0.5) is 13.2 Å². The monoisotopic (exact) mass is 247 g/mol. The van der Waals surface area contributed by atoms with Crippen LogP contribution in [0.15, 0.2) is 24.3 Å². The summed E-state index contributed by atoms with van der Waals surface area (Å²) in [5.41, 5.74) is 5.32. The molecular weight excluding hydrogens is 231 g/mol. The predicted molar refractivity (Wildman–Crippen MR) is 59.5 cm³/mol. The molecule has 0 saturated heterocycles. The molecule has 0 spiro atoms. The first kappa shape index (κ1) is 14.0. The van der Waals surface area contributed by atoms with Gasteiger partial charge in [0.05, 0.1) is 17.7 Å². The second-order valence-electron chi connectivity index (χ2n) is 4.02. The van der Waals surface area contributed by atoms with Crippen molar-refractivity contribution in [2.75, 3.05) is 13.7 Å². The zero-order valence-electron chi connectivity index (χ0n) is 9.84. The summed E-state index contributed by atoms with van der Waals surface area (Å²) in [6.07, 6.45) is -3.73. The first-order chi connectivity index (χ1) is 7.83. The number of methoxy groups -OCH3 is 1. The Kier molecular flexibility index (Phi) is 4.16. The van der Waals surface area contributed by atoms with Crippen LogP contribution in [0.5, 0.6) is 0 Å². The van der Waals surface area contributed by atoms with Crippen molar-refractivity contribution in [2.45, 2.75) is 25.1 Å². The Hall–Kier alpha value is -1.07. The van der Waals surface area contributed by atoms with Gasteiger partial charge in [-0.2, -0.15) is 13.2 Å². The normalized spacial score (nSPS) is 15.6. The summed E-state index contributed by atoms with van der Waals surface area (Å²) in [6.45, 7) is 2.14. The van der Waals surface area contributed by atoms with Crippen molar-refractivity contribution in [2.24, 2.45) is 5.73 Å². The minimum atomic E-state index is -4.32. The Labute approximate surface area is 98.6 Å². The van der Waals surface area contributed by atoms with Gasteiger partial charge in [-0.3, -0.25) is 0 Å². The summed E-state index contributed by atoms with van der Waals surface area (Å²) < 4.78 is 42.2. The maximum atomic E-state index is 12.4. The number of nitrogens with two attached hydrogens (primary N) is 1. The molecular formula is C12H16F3NO. The topological polar surface area (TPSA) is 35.2 Å². The van der Waals surface area contributed by atoms with E-state index in [2.05, 4.69) is 0 Å². The number of ether oxygens (including phenoxy) is 1. The molecule has 0 aliphatic carbocycles. The third-order valence-electron chi connectivity index (χ3n) is 2.82. The largest absolute Gasteiger partial charge is 0.416 e. The van der Waals surface area contributed by atoms with Gasteiger partial charge >= 0.3 is 6.18 Å². The average Bonchev–Trinajstić information content (AvgIpc) is 2.28. The maximum absolute atomic E-state index is 12.4. The summed E-state index contributed by atoms with van der Waals surface area (Å²) in [5.74, 6) is 0. The Bertz CT molecular complexity index is 361. The average molecular weight is 247 g/mol. The molecule has 2 nitrogen and oxygen atoms in total. The van der Waals surface area contributed by atoms with E-state index in [9.17, 15) is 13.2 Å². The number of rotatable bonds is 4. The lowest BCUT2D eigenvalue weighted by molar-refractivity contribution is -0.137. The molecule has 0 radical (unpaired) electrons. The van der Waals surface area contributed by atoms with Crippen LogP contribution in [0.3, 0.4) is 0 Å². The number of hydrogen-bond donors (Lipinski definition) is 1. The summed E-state index contributed by atoms with van der Waals surface area (Å²) in [4.78, 5) is 0. The van der Waals surface area contributed by atoms with Crippen molar-refractivity contribution >= 4 is 0 Å². The van der Waals surface area contributed by atoms with Crippen LogP contribution in [0.25, 0.3) is 0 Å². The van der Waals surface area contributed by atoms with Crippen LogP contribution in [-0.4, -0.2) is 13.7 Å². The SMILES string of the molecule is CCC(N)(COC)c1ccc(C(F)(F)F)cc1. The van der Waals surface area contributed by atoms with Crippen molar-refractivity contribution in [3.63, 3.8) is 0 Å². The van der Waals surface area contributed by atoms with Gasteiger partial charge in [-0.15, -0.1) is 0 Å². The van der Waals surface area contributed by atoms with Crippen molar-refractivity contribution < 1.29 is 17.9 Å². The van der Waals surface area contributed by atoms with Gasteiger partial charge in [0.2, 0.25) is 0 Å². The van der Waals surface area contributed by atoms with Gasteiger partial charge in [0.25, 0.3) is 0 Å². The van der Waals surface area contributed by atoms with Crippen LogP contribution in [0, 0.1) is 0 Å². The van der Waals surface area contributed by atoms with Crippen molar-refractivity contribution in [1.29, 1.82) is 0 Å². The standard InChI is InChI=1S/C12H16F3NO/c1-3-11(16,8-17-2)9-4-6-10(7-5-9)12(13,14)15/h4-7H,3,8,16H2,1-2H3. The first-order valence-electron chi connectivity index (χ1n) is 5.29. The lowest BCUT2D eigenvalue weighted by Crippen LogP contribution is -2.40. The third kappa shape index (κ3) is 3.20. The molecule has 5 heteroatoms. The number of halogens is 3. The molecule has 96 valence electrons. The van der Waals surface area contributed by atoms with E-state index in [4.69, 9.17) is 10.5 Å². The van der Waals surface area contributed by atoms with Crippen LogP contribution in [0.2, 0.25) is 0 Å². The minimum Gasteiger partial charge on any atom is -0.382 e. The summed E-state index contributed by atoms with van der Waals surface area (Å²) in [6, 6.07) is 4.90. The molecule has 1 unspecified atom stereocenters. The summed E-state index contributed by atoms with van der Waals surface area (Å²) >= 11 is 0. The molecule has 0 fully saturated rings. The maximum Gasteiger partial charge on any atom is 0.416 e. The van der Waals surface area contributed by atoms with Gasteiger partial charge in [0.15, 0.2) is 0 Å². The quantitative estimate of drug-likeness (QED) is 0.887. The molecule has 0 saturated carbocycles. The van der Waals surface area contributed by atoms with E-state index in [-0.39, 0.29) is 6.61 Å². The summed E-state index contributed by atoms with van der Waals surface area (Å²) in [5, 5.41) is 0. The third-order valence-corrected chi connectivity index (χ3v) is 2.82. The van der Waals surface area contributed by atoms with Crippen LogP contribution >= 0.6 is 0 Å². The van der Waals surface area contributed by atoms with Gasteiger partial charge in [-0.1, -0.05) is 19.1 Å². The van der Waals surface area contributed by atoms with E-state index >= 15 is 0 Å². The van der Waals surface area contributed by atoms with E-state index in [1.807, 2.05) is 6.92 Å². The number of benzene rings is 1. The molecule has 2 N–H and O–H groups in total. The summed E-state index contributed by atoms with van der Waals surface area (Å²) in [7, 11) is 1.52. The fraction of sp³-hybridized carbons (Fsp3) is 0.500. The fourth-order valence-electron chi connectivity index (χ4n) is 1.64. The lowest BCUT2D eigenvalue weighted by atomic mass is 9.88. The molecule has 0 aromatic heterocycles. The molecule has 1 rings (SSSR count). The van der Waals surface area contributed by atoms with Crippen LogP contribution < -0.4 is 5.73 Å². The molecule has 1 aromatic carbocycles. The minimum absolute atomic E-state index is 0.273. The highest BCUT2D eigenvalue weighted by Crippen LogP contribution is 2.31. The zero-order valence-corrected chi connectivity index (χ0v) is 9.84. The highest BCUT2D eigenvalue weighted by Gasteiger charge is 2.31. The molecule has 0 bridgehead atoms. The van der Waals surface area contributed by atoms with Crippen molar-refractivity contribution in [3.05, 3.63) is 35.4 Å². The highest BCUT2D eigenvalue weighted by atomic mass is 19.4. The van der Waals surface area contributed by atoms with E-state index in [0.717, 1.165) is 12.1 Å². The smallest absolute Gasteiger partial charge is 0.382 e. The van der Waals surface area contributed by atoms with Crippen LogP contribution in [0.1, 0.15) is 24.5 Å². The van der Waals surface area contributed by atoms with Gasteiger partial charge < -0.3 is 10.5 Å². The van der Waals surface area contributed by atoms with E-state index in [0.29, 0.717) is 12.0 Å². The second-order valence-corrected chi connectivity index (χ2v) is 4.02. The molecule has 17 heavy (non-hydrogen) atoms. The number of alkyl halides is 3. The van der Waals surface area contributed by atoms with Crippen molar-refractivity contribution in [3.8, 4) is 0 Å². The number of hydrogen-bond acceptors (Lipinski definition) is 2. The van der Waals surface area contributed by atoms with Crippen molar-refractivity contribution in [1.82, 2.24) is 0 Å². The van der Waals surface area contributed by atoms with E-state index < -0.39 is 17.3 Å². The second kappa shape index (κ2) is 5.06. The highest BCUT2D eigenvalue weighted by molar-refractivity contribution is 5.29. The Morgan fingerprint density at radius 3 is 1.94 bits per heavy atom. The van der Waals surface area contributed by atoms with E-state index in [1.54, 1.807) is 0 Å². The Morgan fingerprint density at radius 1 is 1.12 bits per heavy atom. The fourth-order valence-corrected chi connectivity index (χ4v) is 1.64. The van der Waals surface area contributed by atoms with Gasteiger partial charge in [0.1, 0.15) is 0 Å². The first-order valence-corrected chi connectivity index (χ1v) is 5.29. The predicted octanol–water partition coefficient (Wildman–Crippen LogP) is 2.92. The molecule has 0 aliphatic rings. The van der Waals surface area contributed by atoms with Gasteiger partial charge in [-0.05, 0) is 24.1 Å². The molecule has 0 heterocycles. The van der Waals surface area contributed by atoms with Gasteiger partial charge in [0, 0.05) is 7.11 Å². The molecule has 0 aliphatic heterocycles. The molecule has 0 amide bonds. The molecule has 1 atom stereocenters. The van der Waals surface area contributed by atoms with Gasteiger partial charge in [-0.25, -0.2) is 0 Å². The lowest BCUT2D eigenvalue weighted by Gasteiger charge is -2.28. The molecule has 1 aromatic rings. The van der Waals surface area contributed by atoms with Crippen LogP contribution in [-0.2, 0) is 16.5 Å². The Balaban J connectivity index is 3.01.